The number of carbonyl (C=O) groups is 2. The molecule has 0 fully saturated rings. The molecule has 18 heavy (non-hydrogen) atoms. The average molecular weight is 251 g/mol. The van der Waals surface area contributed by atoms with Crippen molar-refractivity contribution in [1.29, 1.82) is 0 Å². The molecule has 5 heteroatoms. The molecule has 0 heterocycles. The van der Waals surface area contributed by atoms with Crippen molar-refractivity contribution in [3.8, 4) is 5.75 Å². The van der Waals surface area contributed by atoms with Crippen molar-refractivity contribution < 1.29 is 19.8 Å². The van der Waals surface area contributed by atoms with E-state index >= 15 is 0 Å². The first kappa shape index (κ1) is 14.0. The topological polar surface area (TPSA) is 77.8 Å². The predicted molar refractivity (Wildman–Crippen MR) is 66.5 cm³/mol. The van der Waals surface area contributed by atoms with Crippen LogP contribution in [0.4, 0.5) is 0 Å². The van der Waals surface area contributed by atoms with Crippen LogP contribution in [-0.4, -0.2) is 40.1 Å². The van der Waals surface area contributed by atoms with Gasteiger partial charge in [-0.15, -0.1) is 0 Å². The molecule has 0 bridgehead atoms. The summed E-state index contributed by atoms with van der Waals surface area (Å²) in [6.07, 6.45) is 0. The summed E-state index contributed by atoms with van der Waals surface area (Å²) in [7, 11) is 0. The van der Waals surface area contributed by atoms with E-state index in [1.807, 2.05) is 0 Å². The van der Waals surface area contributed by atoms with Gasteiger partial charge in [0, 0.05) is 18.7 Å². The van der Waals surface area contributed by atoms with Gasteiger partial charge in [-0.2, -0.15) is 0 Å². The monoisotopic (exact) mass is 251 g/mol. The number of phenolic OH excluding ortho intramolecular Hbond substituents is 1. The van der Waals surface area contributed by atoms with E-state index in [1.165, 1.54) is 17.0 Å². The highest BCUT2D eigenvalue weighted by atomic mass is 16.4. The summed E-state index contributed by atoms with van der Waals surface area (Å²) < 4.78 is 0. The van der Waals surface area contributed by atoms with Crippen LogP contribution in [0.15, 0.2) is 24.3 Å². The van der Waals surface area contributed by atoms with Crippen LogP contribution in [0.5, 0.6) is 5.75 Å². The van der Waals surface area contributed by atoms with Gasteiger partial charge in [0.1, 0.15) is 5.75 Å². The molecule has 1 amide bonds. The number of phenols is 1. The van der Waals surface area contributed by atoms with Gasteiger partial charge in [0.2, 0.25) is 0 Å². The van der Waals surface area contributed by atoms with Crippen LogP contribution in [0.3, 0.4) is 0 Å². The highest BCUT2D eigenvalue weighted by Crippen LogP contribution is 2.14. The molecule has 1 aromatic carbocycles. The number of carboxylic acids is 1. The number of benzene rings is 1. The molecule has 0 saturated carbocycles. The number of carbonyl (C=O) groups excluding carboxylic acids is 1. The highest BCUT2D eigenvalue weighted by Gasteiger charge is 2.20. The van der Waals surface area contributed by atoms with Crippen LogP contribution in [0.1, 0.15) is 24.2 Å². The molecule has 0 aliphatic heterocycles. The summed E-state index contributed by atoms with van der Waals surface area (Å²) in [6, 6.07) is 6.02. The molecule has 2 N–H and O–H groups in total. The van der Waals surface area contributed by atoms with Crippen LogP contribution in [0, 0.1) is 5.92 Å². The van der Waals surface area contributed by atoms with Gasteiger partial charge in [0.05, 0.1) is 5.92 Å². The molecule has 0 aliphatic carbocycles. The van der Waals surface area contributed by atoms with Gasteiger partial charge < -0.3 is 15.1 Å². The van der Waals surface area contributed by atoms with Crippen LogP contribution < -0.4 is 0 Å². The van der Waals surface area contributed by atoms with Gasteiger partial charge in [0.15, 0.2) is 0 Å². The summed E-state index contributed by atoms with van der Waals surface area (Å²) in [5, 5.41) is 18.2. The zero-order valence-corrected chi connectivity index (χ0v) is 10.5. The lowest BCUT2D eigenvalue weighted by Gasteiger charge is -2.23. The Morgan fingerprint density at radius 2 is 2.06 bits per heavy atom. The highest BCUT2D eigenvalue weighted by molar-refractivity contribution is 5.94. The first-order valence-electron chi connectivity index (χ1n) is 5.76. The van der Waals surface area contributed by atoms with E-state index in [-0.39, 0.29) is 18.2 Å². The van der Waals surface area contributed by atoms with E-state index in [0.29, 0.717) is 12.1 Å². The Morgan fingerprint density at radius 3 is 2.56 bits per heavy atom. The normalized spacial score (nSPS) is 11.9. The number of aliphatic carboxylic acids is 1. The summed E-state index contributed by atoms with van der Waals surface area (Å²) in [5.41, 5.74) is 0.356. The second-order valence-corrected chi connectivity index (χ2v) is 4.13. The van der Waals surface area contributed by atoms with Gasteiger partial charge in [-0.3, -0.25) is 9.59 Å². The maximum Gasteiger partial charge on any atom is 0.308 e. The minimum absolute atomic E-state index is 0.0168. The summed E-state index contributed by atoms with van der Waals surface area (Å²) >= 11 is 0. The van der Waals surface area contributed by atoms with Crippen LogP contribution in [-0.2, 0) is 4.79 Å². The van der Waals surface area contributed by atoms with Crippen molar-refractivity contribution in [1.82, 2.24) is 4.90 Å². The van der Waals surface area contributed by atoms with Crippen molar-refractivity contribution in [2.24, 2.45) is 5.92 Å². The van der Waals surface area contributed by atoms with Gasteiger partial charge in [0.25, 0.3) is 5.91 Å². The Labute approximate surface area is 106 Å². The van der Waals surface area contributed by atoms with Crippen LogP contribution in [0.25, 0.3) is 0 Å². The molecule has 0 spiro atoms. The van der Waals surface area contributed by atoms with E-state index in [4.69, 9.17) is 5.11 Å². The van der Waals surface area contributed by atoms with E-state index in [9.17, 15) is 14.7 Å². The zero-order valence-electron chi connectivity index (χ0n) is 10.5. The summed E-state index contributed by atoms with van der Waals surface area (Å²) in [6.45, 7) is 3.92. The molecule has 1 atom stereocenters. The van der Waals surface area contributed by atoms with Gasteiger partial charge in [-0.05, 0) is 25.1 Å². The lowest BCUT2D eigenvalue weighted by molar-refractivity contribution is -0.141. The van der Waals surface area contributed by atoms with Gasteiger partial charge >= 0.3 is 5.97 Å². The second kappa shape index (κ2) is 6.05. The maximum absolute atomic E-state index is 12.1. The second-order valence-electron chi connectivity index (χ2n) is 4.13. The lowest BCUT2D eigenvalue weighted by atomic mass is 10.1. The fourth-order valence-corrected chi connectivity index (χ4v) is 1.59. The van der Waals surface area contributed by atoms with Crippen molar-refractivity contribution in [3.05, 3.63) is 29.8 Å². The molecule has 1 rings (SSSR count). The Morgan fingerprint density at radius 1 is 1.39 bits per heavy atom. The molecule has 0 aromatic heterocycles. The number of aromatic hydroxyl groups is 1. The largest absolute Gasteiger partial charge is 0.508 e. The Hall–Kier alpha value is -2.04. The Balaban J connectivity index is 2.82. The third-order valence-electron chi connectivity index (χ3n) is 2.68. The Bertz CT molecular complexity index is 444. The number of carboxylic acid groups (broad SMARTS) is 1. The first-order chi connectivity index (χ1) is 8.45. The third-order valence-corrected chi connectivity index (χ3v) is 2.68. The predicted octanol–water partition coefficient (Wildman–Crippen LogP) is 1.57. The van der Waals surface area contributed by atoms with E-state index in [0.717, 1.165) is 0 Å². The molecule has 1 unspecified atom stereocenters. The molecule has 0 aliphatic rings. The minimum Gasteiger partial charge on any atom is -0.508 e. The fraction of sp³-hybridized carbons (Fsp3) is 0.385. The molecule has 98 valence electrons. The quantitative estimate of drug-likeness (QED) is 0.832. The number of hydrogen-bond acceptors (Lipinski definition) is 3. The third kappa shape index (κ3) is 3.48. The smallest absolute Gasteiger partial charge is 0.308 e. The standard InChI is InChI=1S/C13H17NO4/c1-3-14(8-9(2)13(17)18)12(16)10-5-4-6-11(15)7-10/h4-7,9,15H,3,8H2,1-2H3,(H,17,18). The molecule has 5 nitrogen and oxygen atoms in total. The zero-order chi connectivity index (χ0) is 13.7. The fourth-order valence-electron chi connectivity index (χ4n) is 1.59. The molecule has 1 aromatic rings. The van der Waals surface area contributed by atoms with Crippen LogP contribution in [0.2, 0.25) is 0 Å². The van der Waals surface area contributed by atoms with E-state index in [1.54, 1.807) is 26.0 Å². The minimum atomic E-state index is -0.933. The SMILES string of the molecule is CCN(CC(C)C(=O)O)C(=O)c1cccc(O)c1. The van der Waals surface area contributed by atoms with E-state index in [2.05, 4.69) is 0 Å². The molecular formula is C13H17NO4. The average Bonchev–Trinajstić information content (AvgIpc) is 2.34. The molecular weight excluding hydrogens is 234 g/mol. The number of nitrogens with zero attached hydrogens (tertiary/aromatic N) is 1. The van der Waals surface area contributed by atoms with Gasteiger partial charge in [-0.25, -0.2) is 0 Å². The van der Waals surface area contributed by atoms with Crippen molar-refractivity contribution in [3.63, 3.8) is 0 Å². The number of rotatable bonds is 5. The first-order valence-corrected chi connectivity index (χ1v) is 5.76. The van der Waals surface area contributed by atoms with Crippen molar-refractivity contribution in [2.45, 2.75) is 13.8 Å². The summed E-state index contributed by atoms with van der Waals surface area (Å²) in [4.78, 5) is 24.3. The van der Waals surface area contributed by atoms with Crippen molar-refractivity contribution in [2.75, 3.05) is 13.1 Å². The Kier molecular flexibility index (Phi) is 4.71. The molecule has 0 radical (unpaired) electrons. The van der Waals surface area contributed by atoms with Crippen LogP contribution >= 0.6 is 0 Å². The number of hydrogen-bond donors (Lipinski definition) is 2. The maximum atomic E-state index is 12.1. The van der Waals surface area contributed by atoms with Crippen molar-refractivity contribution >= 4 is 11.9 Å². The lowest BCUT2D eigenvalue weighted by Crippen LogP contribution is -2.36. The number of amides is 1. The van der Waals surface area contributed by atoms with E-state index < -0.39 is 11.9 Å². The summed E-state index contributed by atoms with van der Waals surface area (Å²) in [5.74, 6) is -1.81. The van der Waals surface area contributed by atoms with Gasteiger partial charge in [-0.1, -0.05) is 13.0 Å². The molecule has 0 saturated heterocycles.